The quantitative estimate of drug-likeness (QED) is 0.845. The van der Waals surface area contributed by atoms with E-state index in [-0.39, 0.29) is 11.4 Å². The molecule has 1 rings (SSSR count). The molecular formula is C9H9Br2NO2S. The van der Waals surface area contributed by atoms with Crippen molar-refractivity contribution >= 4 is 41.9 Å². The molecule has 0 bridgehead atoms. The van der Waals surface area contributed by atoms with E-state index >= 15 is 0 Å². The van der Waals surface area contributed by atoms with E-state index in [1.54, 1.807) is 12.1 Å². The topological polar surface area (TPSA) is 46.2 Å². The minimum atomic E-state index is -3.46. The molecule has 0 unspecified atom stereocenters. The number of nitrogens with one attached hydrogen (secondary N) is 1. The molecule has 0 aromatic heterocycles. The second-order valence-electron chi connectivity index (χ2n) is 2.72. The molecule has 0 aliphatic carbocycles. The molecule has 6 heteroatoms. The van der Waals surface area contributed by atoms with Crippen molar-refractivity contribution in [2.24, 2.45) is 0 Å². The molecule has 0 saturated heterocycles. The van der Waals surface area contributed by atoms with Crippen molar-refractivity contribution in [1.82, 2.24) is 4.72 Å². The van der Waals surface area contributed by atoms with Crippen molar-refractivity contribution in [3.05, 3.63) is 39.8 Å². The maximum Gasteiger partial charge on any atom is 0.241 e. The first-order valence-corrected chi connectivity index (χ1v) is 7.10. The van der Waals surface area contributed by atoms with Crippen molar-refractivity contribution in [2.45, 2.75) is 4.90 Å². The highest BCUT2D eigenvalue weighted by atomic mass is 79.9. The van der Waals surface area contributed by atoms with Crippen LogP contribution in [0.3, 0.4) is 0 Å². The first-order valence-electron chi connectivity index (χ1n) is 4.03. The van der Waals surface area contributed by atoms with Gasteiger partial charge in [0.15, 0.2) is 0 Å². The van der Waals surface area contributed by atoms with E-state index in [1.807, 2.05) is 0 Å². The van der Waals surface area contributed by atoms with Crippen molar-refractivity contribution in [1.29, 1.82) is 0 Å². The third-order valence-corrected chi connectivity index (χ3v) is 4.49. The Kier molecular flexibility index (Phi) is 4.51. The molecule has 3 nitrogen and oxygen atoms in total. The third-order valence-electron chi connectivity index (χ3n) is 1.60. The lowest BCUT2D eigenvalue weighted by Crippen LogP contribution is -2.23. The number of hydrogen-bond acceptors (Lipinski definition) is 2. The van der Waals surface area contributed by atoms with Gasteiger partial charge in [-0.05, 0) is 34.1 Å². The van der Waals surface area contributed by atoms with Crippen LogP contribution in [0.15, 0.2) is 44.7 Å². The maximum atomic E-state index is 11.7. The number of hydrogen-bond donors (Lipinski definition) is 1. The van der Waals surface area contributed by atoms with E-state index in [0.29, 0.717) is 4.47 Å². The highest BCUT2D eigenvalue weighted by Gasteiger charge is 2.16. The van der Waals surface area contributed by atoms with E-state index in [4.69, 9.17) is 0 Å². The standard InChI is InChI=1S/C9H9Br2NO2S/c1-2-5-12-15(13,14)9-4-3-7(10)6-8(9)11/h2-4,6,12H,1,5H2. The van der Waals surface area contributed by atoms with Crippen molar-refractivity contribution in [2.75, 3.05) is 6.54 Å². The summed E-state index contributed by atoms with van der Waals surface area (Å²) < 4.78 is 27.2. The van der Waals surface area contributed by atoms with Gasteiger partial charge in [0.05, 0.1) is 4.90 Å². The van der Waals surface area contributed by atoms with Gasteiger partial charge in [0.2, 0.25) is 10.0 Å². The molecule has 0 heterocycles. The van der Waals surface area contributed by atoms with Gasteiger partial charge in [-0.25, -0.2) is 13.1 Å². The lowest BCUT2D eigenvalue weighted by Gasteiger charge is -2.06. The summed E-state index contributed by atoms with van der Waals surface area (Å²) in [6.45, 7) is 3.66. The Morgan fingerprint density at radius 2 is 2.07 bits per heavy atom. The molecule has 0 spiro atoms. The molecule has 1 aromatic carbocycles. The summed E-state index contributed by atoms with van der Waals surface area (Å²) >= 11 is 6.45. The Balaban J connectivity index is 3.10. The molecule has 0 aliphatic rings. The molecule has 1 aromatic rings. The number of rotatable bonds is 4. The maximum absolute atomic E-state index is 11.7. The Hall–Kier alpha value is -0.170. The summed E-state index contributed by atoms with van der Waals surface area (Å²) in [5.74, 6) is 0. The number of benzene rings is 1. The summed E-state index contributed by atoms with van der Waals surface area (Å²) in [6, 6.07) is 4.88. The minimum absolute atomic E-state index is 0.213. The molecule has 1 N–H and O–H groups in total. The van der Waals surface area contributed by atoms with Gasteiger partial charge in [0.1, 0.15) is 0 Å². The summed E-state index contributed by atoms with van der Waals surface area (Å²) in [6.07, 6.45) is 1.49. The van der Waals surface area contributed by atoms with Crippen LogP contribution < -0.4 is 4.72 Å². The Labute approximate surface area is 106 Å². The van der Waals surface area contributed by atoms with Crippen molar-refractivity contribution < 1.29 is 8.42 Å². The fourth-order valence-corrected chi connectivity index (χ4v) is 3.68. The second kappa shape index (κ2) is 5.25. The zero-order valence-electron chi connectivity index (χ0n) is 7.70. The zero-order valence-corrected chi connectivity index (χ0v) is 11.7. The first kappa shape index (κ1) is 12.9. The SMILES string of the molecule is C=CCNS(=O)(=O)c1ccc(Br)cc1Br. The summed E-state index contributed by atoms with van der Waals surface area (Å²) in [5, 5.41) is 0. The van der Waals surface area contributed by atoms with Gasteiger partial charge in [-0.2, -0.15) is 0 Å². The van der Waals surface area contributed by atoms with Gasteiger partial charge in [0.25, 0.3) is 0 Å². The Morgan fingerprint density at radius 1 is 1.40 bits per heavy atom. The van der Waals surface area contributed by atoms with Crippen LogP contribution in [-0.2, 0) is 10.0 Å². The molecular weight excluding hydrogens is 346 g/mol. The monoisotopic (exact) mass is 353 g/mol. The number of sulfonamides is 1. The van der Waals surface area contributed by atoms with E-state index in [0.717, 1.165) is 4.47 Å². The van der Waals surface area contributed by atoms with E-state index < -0.39 is 10.0 Å². The van der Waals surface area contributed by atoms with Crippen molar-refractivity contribution in [3.8, 4) is 0 Å². The van der Waals surface area contributed by atoms with Gasteiger partial charge in [0, 0.05) is 15.5 Å². The third kappa shape index (κ3) is 3.41. The predicted octanol–water partition coefficient (Wildman–Crippen LogP) is 2.68. The Morgan fingerprint density at radius 3 is 2.60 bits per heavy atom. The van der Waals surface area contributed by atoms with Crippen LogP contribution in [0.4, 0.5) is 0 Å². The Bertz CT molecular complexity index is 471. The highest BCUT2D eigenvalue weighted by Crippen LogP contribution is 2.25. The van der Waals surface area contributed by atoms with Crippen LogP contribution in [0, 0.1) is 0 Å². The van der Waals surface area contributed by atoms with Gasteiger partial charge in [-0.15, -0.1) is 6.58 Å². The fraction of sp³-hybridized carbons (Fsp3) is 0.111. The van der Waals surface area contributed by atoms with Gasteiger partial charge < -0.3 is 0 Å². The molecule has 0 amide bonds. The van der Waals surface area contributed by atoms with Gasteiger partial charge in [-0.1, -0.05) is 22.0 Å². The second-order valence-corrected chi connectivity index (χ2v) is 6.22. The fourth-order valence-electron chi connectivity index (χ4n) is 0.940. The van der Waals surface area contributed by atoms with Crippen LogP contribution in [0.2, 0.25) is 0 Å². The normalized spacial score (nSPS) is 11.3. The summed E-state index contributed by atoms with van der Waals surface area (Å²) in [7, 11) is -3.46. The largest absolute Gasteiger partial charge is 0.241 e. The van der Waals surface area contributed by atoms with Crippen LogP contribution in [-0.4, -0.2) is 15.0 Å². The van der Waals surface area contributed by atoms with Crippen molar-refractivity contribution in [3.63, 3.8) is 0 Å². The predicted molar refractivity (Wildman–Crippen MR) is 67.2 cm³/mol. The highest BCUT2D eigenvalue weighted by molar-refractivity contribution is 9.11. The van der Waals surface area contributed by atoms with E-state index in [2.05, 4.69) is 43.2 Å². The van der Waals surface area contributed by atoms with Crippen LogP contribution >= 0.6 is 31.9 Å². The summed E-state index contributed by atoms with van der Waals surface area (Å²) in [4.78, 5) is 0.215. The number of halogens is 2. The molecule has 0 fully saturated rings. The molecule has 15 heavy (non-hydrogen) atoms. The molecule has 0 radical (unpaired) electrons. The molecule has 82 valence electrons. The van der Waals surface area contributed by atoms with Gasteiger partial charge >= 0.3 is 0 Å². The summed E-state index contributed by atoms with van der Waals surface area (Å²) in [5.41, 5.74) is 0. The van der Waals surface area contributed by atoms with Gasteiger partial charge in [-0.3, -0.25) is 0 Å². The molecule has 0 aliphatic heterocycles. The minimum Gasteiger partial charge on any atom is -0.207 e. The van der Waals surface area contributed by atoms with Crippen LogP contribution in [0.1, 0.15) is 0 Å². The molecule has 0 saturated carbocycles. The van der Waals surface area contributed by atoms with E-state index in [9.17, 15) is 8.42 Å². The first-order chi connectivity index (χ1) is 6.97. The van der Waals surface area contributed by atoms with Crippen LogP contribution in [0.5, 0.6) is 0 Å². The lowest BCUT2D eigenvalue weighted by molar-refractivity contribution is 0.585. The van der Waals surface area contributed by atoms with E-state index in [1.165, 1.54) is 12.1 Å². The molecule has 0 atom stereocenters. The smallest absolute Gasteiger partial charge is 0.207 e. The average Bonchev–Trinajstić information content (AvgIpc) is 2.14. The van der Waals surface area contributed by atoms with Crippen LogP contribution in [0.25, 0.3) is 0 Å². The lowest BCUT2D eigenvalue weighted by atomic mass is 10.4. The zero-order chi connectivity index (χ0) is 11.5. The average molecular weight is 355 g/mol.